The lowest BCUT2D eigenvalue weighted by Gasteiger charge is -2.18. The Kier molecular flexibility index (Phi) is 4.78. The Bertz CT molecular complexity index is 240. The maximum absolute atomic E-state index is 10.8. The molecule has 2 N–H and O–H groups in total. The van der Waals surface area contributed by atoms with Crippen LogP contribution in [0, 0.1) is 5.92 Å². The largest absolute Gasteiger partial charge is 0.480 e. The Balaban J connectivity index is 0.000000531. The molecule has 3 unspecified atom stereocenters. The molecule has 0 spiro atoms. The van der Waals surface area contributed by atoms with Crippen LogP contribution in [-0.2, 0) is 9.53 Å². The summed E-state index contributed by atoms with van der Waals surface area (Å²) in [5.41, 5.74) is 0. The molecule has 0 bridgehead atoms. The van der Waals surface area contributed by atoms with Gasteiger partial charge in [-0.2, -0.15) is 0 Å². The van der Waals surface area contributed by atoms with E-state index in [4.69, 9.17) is 9.84 Å². The molecule has 2 aliphatic rings. The molecule has 0 aromatic heterocycles. The third-order valence-corrected chi connectivity index (χ3v) is 2.65. The lowest BCUT2D eigenvalue weighted by molar-refractivity contribution is -0.142. The van der Waals surface area contributed by atoms with Crippen LogP contribution in [0.1, 0.15) is 20.3 Å². The van der Waals surface area contributed by atoms with E-state index < -0.39 is 12.0 Å². The van der Waals surface area contributed by atoms with E-state index in [9.17, 15) is 4.79 Å². The summed E-state index contributed by atoms with van der Waals surface area (Å²) in [5.74, 6) is -0.491. The van der Waals surface area contributed by atoms with Crippen molar-refractivity contribution in [2.75, 3.05) is 13.2 Å². The van der Waals surface area contributed by atoms with Gasteiger partial charge < -0.3 is 15.2 Å². The standard InChI is InChI=1S/C9H13NO3.C2H6/c11-9(12)7-8-6(5-10-7)3-1-2-4-13-8;1-2/h1-2,6-8,10H,3-5H2,(H,11,12);1-2H3. The van der Waals surface area contributed by atoms with Gasteiger partial charge >= 0.3 is 5.97 Å². The van der Waals surface area contributed by atoms with Gasteiger partial charge in [0, 0.05) is 12.5 Å². The average molecular weight is 213 g/mol. The Morgan fingerprint density at radius 2 is 2.20 bits per heavy atom. The highest BCUT2D eigenvalue weighted by Crippen LogP contribution is 2.24. The van der Waals surface area contributed by atoms with E-state index in [2.05, 4.69) is 11.4 Å². The number of fused-ring (bicyclic) bond motifs is 1. The average Bonchev–Trinajstić information content (AvgIpc) is 2.51. The summed E-state index contributed by atoms with van der Waals surface area (Å²) in [6, 6.07) is -0.523. The van der Waals surface area contributed by atoms with E-state index >= 15 is 0 Å². The molecule has 0 amide bonds. The molecule has 2 aliphatic heterocycles. The van der Waals surface area contributed by atoms with Crippen LogP contribution in [-0.4, -0.2) is 36.4 Å². The van der Waals surface area contributed by atoms with Crippen LogP contribution in [0.2, 0.25) is 0 Å². The highest BCUT2D eigenvalue weighted by molar-refractivity contribution is 5.74. The number of carbonyl (C=O) groups is 1. The maximum atomic E-state index is 10.8. The number of nitrogens with one attached hydrogen (secondary N) is 1. The minimum Gasteiger partial charge on any atom is -0.480 e. The molecular formula is C11H19NO3. The van der Waals surface area contributed by atoms with Crippen LogP contribution in [0.25, 0.3) is 0 Å². The second kappa shape index (κ2) is 5.88. The summed E-state index contributed by atoms with van der Waals surface area (Å²) in [6.45, 7) is 5.28. The molecule has 1 fully saturated rings. The first-order valence-electron chi connectivity index (χ1n) is 5.52. The van der Waals surface area contributed by atoms with E-state index in [1.807, 2.05) is 19.9 Å². The summed E-state index contributed by atoms with van der Waals surface area (Å²) in [5, 5.41) is 11.8. The van der Waals surface area contributed by atoms with Crippen molar-refractivity contribution < 1.29 is 14.6 Å². The molecule has 0 aromatic carbocycles. The number of aliphatic carboxylic acids is 1. The second-order valence-corrected chi connectivity index (χ2v) is 3.49. The molecule has 15 heavy (non-hydrogen) atoms. The predicted molar refractivity (Wildman–Crippen MR) is 57.8 cm³/mol. The van der Waals surface area contributed by atoms with Gasteiger partial charge in [0.05, 0.1) is 12.7 Å². The fraction of sp³-hybridized carbons (Fsp3) is 0.727. The topological polar surface area (TPSA) is 58.6 Å². The normalized spacial score (nSPS) is 33.6. The molecule has 1 saturated heterocycles. The van der Waals surface area contributed by atoms with E-state index in [0.717, 1.165) is 13.0 Å². The fourth-order valence-corrected chi connectivity index (χ4v) is 1.97. The van der Waals surface area contributed by atoms with Crippen molar-refractivity contribution in [3.63, 3.8) is 0 Å². The number of rotatable bonds is 1. The van der Waals surface area contributed by atoms with Crippen molar-refractivity contribution in [1.82, 2.24) is 5.32 Å². The molecule has 4 heteroatoms. The SMILES string of the molecule is CC.O=C(O)C1NCC2CC=CCOC21. The van der Waals surface area contributed by atoms with Gasteiger partial charge in [0.1, 0.15) is 6.04 Å². The lowest BCUT2D eigenvalue weighted by Crippen LogP contribution is -2.40. The van der Waals surface area contributed by atoms with E-state index in [1.54, 1.807) is 0 Å². The third kappa shape index (κ3) is 2.79. The van der Waals surface area contributed by atoms with Crippen LogP contribution in [0.15, 0.2) is 12.2 Å². The smallest absolute Gasteiger partial charge is 0.323 e. The van der Waals surface area contributed by atoms with Gasteiger partial charge in [-0.3, -0.25) is 4.79 Å². The summed E-state index contributed by atoms with van der Waals surface area (Å²) < 4.78 is 5.47. The highest BCUT2D eigenvalue weighted by Gasteiger charge is 2.40. The zero-order chi connectivity index (χ0) is 11.3. The quantitative estimate of drug-likeness (QED) is 0.639. The number of hydrogen-bond donors (Lipinski definition) is 2. The summed E-state index contributed by atoms with van der Waals surface area (Å²) in [7, 11) is 0. The minimum atomic E-state index is -0.811. The Morgan fingerprint density at radius 3 is 2.87 bits per heavy atom. The molecule has 86 valence electrons. The lowest BCUT2D eigenvalue weighted by atomic mass is 9.98. The van der Waals surface area contributed by atoms with Crippen molar-refractivity contribution >= 4 is 5.97 Å². The Hall–Kier alpha value is -0.870. The predicted octanol–water partition coefficient (Wildman–Crippen LogP) is 1.03. The van der Waals surface area contributed by atoms with Gasteiger partial charge in [-0.05, 0) is 6.42 Å². The van der Waals surface area contributed by atoms with Crippen LogP contribution < -0.4 is 5.32 Å². The molecule has 0 aromatic rings. The molecule has 4 nitrogen and oxygen atoms in total. The molecule has 2 heterocycles. The van der Waals surface area contributed by atoms with E-state index in [0.29, 0.717) is 12.5 Å². The first kappa shape index (κ1) is 12.2. The molecular weight excluding hydrogens is 194 g/mol. The maximum Gasteiger partial charge on any atom is 0.323 e. The summed E-state index contributed by atoms with van der Waals surface area (Å²) in [4.78, 5) is 10.8. The van der Waals surface area contributed by atoms with Gasteiger partial charge in [0.25, 0.3) is 0 Å². The van der Waals surface area contributed by atoms with E-state index in [-0.39, 0.29) is 6.10 Å². The van der Waals surface area contributed by atoms with Crippen molar-refractivity contribution in [3.05, 3.63) is 12.2 Å². The summed E-state index contributed by atoms with van der Waals surface area (Å²) in [6.07, 6.45) is 4.78. The van der Waals surface area contributed by atoms with Gasteiger partial charge in [-0.1, -0.05) is 26.0 Å². The summed E-state index contributed by atoms with van der Waals surface area (Å²) >= 11 is 0. The van der Waals surface area contributed by atoms with Gasteiger partial charge in [0.15, 0.2) is 0 Å². The molecule has 2 rings (SSSR count). The van der Waals surface area contributed by atoms with Crippen molar-refractivity contribution in [1.29, 1.82) is 0 Å². The molecule has 0 radical (unpaired) electrons. The van der Waals surface area contributed by atoms with Gasteiger partial charge in [-0.15, -0.1) is 0 Å². The zero-order valence-corrected chi connectivity index (χ0v) is 9.27. The van der Waals surface area contributed by atoms with Crippen molar-refractivity contribution in [2.24, 2.45) is 5.92 Å². The number of allylic oxidation sites excluding steroid dienone is 1. The molecule has 3 atom stereocenters. The number of carboxylic acid groups (broad SMARTS) is 1. The minimum absolute atomic E-state index is 0.160. The second-order valence-electron chi connectivity index (χ2n) is 3.49. The van der Waals surface area contributed by atoms with Crippen LogP contribution >= 0.6 is 0 Å². The highest BCUT2D eigenvalue weighted by atomic mass is 16.5. The van der Waals surface area contributed by atoms with Crippen LogP contribution in [0.3, 0.4) is 0 Å². The number of carboxylic acids is 1. The Labute approximate surface area is 90.3 Å². The molecule has 0 saturated carbocycles. The zero-order valence-electron chi connectivity index (χ0n) is 9.27. The monoisotopic (exact) mass is 213 g/mol. The van der Waals surface area contributed by atoms with Gasteiger partial charge in [0.2, 0.25) is 0 Å². The molecule has 0 aliphatic carbocycles. The fourth-order valence-electron chi connectivity index (χ4n) is 1.97. The van der Waals surface area contributed by atoms with E-state index in [1.165, 1.54) is 0 Å². The third-order valence-electron chi connectivity index (χ3n) is 2.65. The van der Waals surface area contributed by atoms with Crippen LogP contribution in [0.4, 0.5) is 0 Å². The number of hydrogen-bond acceptors (Lipinski definition) is 3. The first-order chi connectivity index (χ1) is 7.29. The van der Waals surface area contributed by atoms with Crippen LogP contribution in [0.5, 0.6) is 0 Å². The van der Waals surface area contributed by atoms with Gasteiger partial charge in [-0.25, -0.2) is 0 Å². The Morgan fingerprint density at radius 1 is 1.47 bits per heavy atom. The van der Waals surface area contributed by atoms with Crippen molar-refractivity contribution in [2.45, 2.75) is 32.4 Å². The number of ether oxygens (including phenoxy) is 1. The first-order valence-corrected chi connectivity index (χ1v) is 5.52. The van der Waals surface area contributed by atoms with Crippen molar-refractivity contribution in [3.8, 4) is 0 Å².